The molecule has 0 aromatic heterocycles. The van der Waals surface area contributed by atoms with Gasteiger partial charge in [0.1, 0.15) is 29.2 Å². The van der Waals surface area contributed by atoms with Gasteiger partial charge >= 0.3 is 5.97 Å². The molecular formula is C23H27N3O4. The van der Waals surface area contributed by atoms with Crippen molar-refractivity contribution in [2.75, 3.05) is 24.7 Å². The van der Waals surface area contributed by atoms with Gasteiger partial charge in [0.05, 0.1) is 6.67 Å². The maximum absolute atomic E-state index is 13.1. The molecule has 2 fully saturated rings. The minimum Gasteiger partial charge on any atom is -0.459 e. The number of nitrogens with zero attached hydrogens (tertiary/aromatic N) is 2. The molecule has 158 valence electrons. The van der Waals surface area contributed by atoms with Crippen molar-refractivity contribution in [1.82, 2.24) is 10.2 Å². The number of para-hydroxylation sites is 1. The number of rotatable bonds is 4. The topological polar surface area (TPSA) is 71.1 Å². The molecule has 4 rings (SSSR count). The first-order valence-electron chi connectivity index (χ1n) is 10.2. The summed E-state index contributed by atoms with van der Waals surface area (Å²) in [5.74, 6) is 1.04. The van der Waals surface area contributed by atoms with Crippen LogP contribution in [0, 0.1) is 0 Å². The van der Waals surface area contributed by atoms with E-state index in [9.17, 15) is 9.59 Å². The third-order valence-corrected chi connectivity index (χ3v) is 5.12. The lowest BCUT2D eigenvalue weighted by atomic mass is 10.1. The number of fused-ring (bicyclic) bond motifs is 1. The number of hydrogen-bond acceptors (Lipinski definition) is 6. The zero-order chi connectivity index (χ0) is 21.3. The van der Waals surface area contributed by atoms with Crippen LogP contribution in [0.25, 0.3) is 0 Å². The lowest BCUT2D eigenvalue weighted by molar-refractivity contribution is -0.162. The highest BCUT2D eigenvalue weighted by molar-refractivity contribution is 6.00. The molecule has 0 aliphatic carbocycles. The van der Waals surface area contributed by atoms with E-state index in [1.165, 1.54) is 0 Å². The molecule has 7 nitrogen and oxygen atoms in total. The maximum atomic E-state index is 13.1. The fraction of sp³-hybridized carbons (Fsp3) is 0.391. The number of benzene rings is 2. The molecule has 2 heterocycles. The first-order valence-corrected chi connectivity index (χ1v) is 10.2. The molecule has 2 atom stereocenters. The van der Waals surface area contributed by atoms with Crippen LogP contribution in [0.4, 0.5) is 5.69 Å². The third-order valence-electron chi connectivity index (χ3n) is 5.12. The number of amides is 1. The van der Waals surface area contributed by atoms with Gasteiger partial charge in [-0.1, -0.05) is 24.3 Å². The standard InChI is InChI=1S/C23H27N3O4/c1-23(2,3)30-22(28)20-14-24-13-19-21(27)25(15-26(19)20)16-8-7-11-18(12-16)29-17-9-5-4-6-10-17/h4-12,19-20,24H,13-15H2,1-3H3. The van der Waals surface area contributed by atoms with Gasteiger partial charge in [-0.3, -0.25) is 19.4 Å². The van der Waals surface area contributed by atoms with Crippen LogP contribution in [0.1, 0.15) is 20.8 Å². The Labute approximate surface area is 176 Å². The highest BCUT2D eigenvalue weighted by Gasteiger charge is 2.47. The summed E-state index contributed by atoms with van der Waals surface area (Å²) in [6.45, 7) is 6.84. The molecule has 7 heteroatoms. The number of hydrogen-bond donors (Lipinski definition) is 1. The molecule has 0 saturated carbocycles. The van der Waals surface area contributed by atoms with Crippen LogP contribution in [0.15, 0.2) is 54.6 Å². The second-order valence-electron chi connectivity index (χ2n) is 8.56. The van der Waals surface area contributed by atoms with Crippen LogP contribution in [0.2, 0.25) is 0 Å². The van der Waals surface area contributed by atoms with E-state index in [1.54, 1.807) is 4.90 Å². The van der Waals surface area contributed by atoms with Crippen LogP contribution in [-0.4, -0.2) is 54.2 Å². The highest BCUT2D eigenvalue weighted by atomic mass is 16.6. The quantitative estimate of drug-likeness (QED) is 0.783. The van der Waals surface area contributed by atoms with Gasteiger partial charge in [-0.25, -0.2) is 0 Å². The van der Waals surface area contributed by atoms with Crippen LogP contribution in [0.5, 0.6) is 11.5 Å². The van der Waals surface area contributed by atoms with Crippen molar-refractivity contribution in [3.8, 4) is 11.5 Å². The number of ether oxygens (including phenoxy) is 2. The molecule has 0 radical (unpaired) electrons. The fourth-order valence-electron chi connectivity index (χ4n) is 3.78. The molecule has 2 aliphatic heterocycles. The van der Waals surface area contributed by atoms with Crippen LogP contribution >= 0.6 is 0 Å². The van der Waals surface area contributed by atoms with Crippen molar-refractivity contribution in [3.63, 3.8) is 0 Å². The number of piperazine rings is 1. The summed E-state index contributed by atoms with van der Waals surface area (Å²) in [6, 6.07) is 16.1. The lowest BCUT2D eigenvalue weighted by Gasteiger charge is -2.35. The van der Waals surface area contributed by atoms with E-state index in [1.807, 2.05) is 80.3 Å². The van der Waals surface area contributed by atoms with Gasteiger partial charge in [0.15, 0.2) is 0 Å². The zero-order valence-corrected chi connectivity index (χ0v) is 17.5. The molecule has 2 aromatic rings. The Morgan fingerprint density at radius 2 is 1.77 bits per heavy atom. The second-order valence-corrected chi connectivity index (χ2v) is 8.56. The van der Waals surface area contributed by atoms with Crippen molar-refractivity contribution >= 4 is 17.6 Å². The molecule has 2 aliphatic rings. The van der Waals surface area contributed by atoms with E-state index in [4.69, 9.17) is 9.47 Å². The molecule has 2 unspecified atom stereocenters. The molecule has 0 spiro atoms. The van der Waals surface area contributed by atoms with Gasteiger partial charge in [-0.15, -0.1) is 0 Å². The Balaban J connectivity index is 1.53. The Morgan fingerprint density at radius 3 is 2.50 bits per heavy atom. The van der Waals surface area contributed by atoms with Crippen molar-refractivity contribution < 1.29 is 19.1 Å². The van der Waals surface area contributed by atoms with E-state index in [0.717, 1.165) is 11.4 Å². The van der Waals surface area contributed by atoms with Gasteiger partial charge in [0.2, 0.25) is 5.91 Å². The number of anilines is 1. The summed E-state index contributed by atoms with van der Waals surface area (Å²) in [4.78, 5) is 29.5. The second kappa shape index (κ2) is 8.08. The number of esters is 1. The summed E-state index contributed by atoms with van der Waals surface area (Å²) >= 11 is 0. The van der Waals surface area contributed by atoms with Crippen LogP contribution in [0.3, 0.4) is 0 Å². The maximum Gasteiger partial charge on any atom is 0.325 e. The highest BCUT2D eigenvalue weighted by Crippen LogP contribution is 2.31. The third kappa shape index (κ3) is 4.32. The normalized spacial score (nSPS) is 22.0. The van der Waals surface area contributed by atoms with Gasteiger partial charge in [0.25, 0.3) is 0 Å². The Bertz CT molecular complexity index is 926. The largest absolute Gasteiger partial charge is 0.459 e. The van der Waals surface area contributed by atoms with Crippen molar-refractivity contribution in [3.05, 3.63) is 54.6 Å². The predicted molar refractivity (Wildman–Crippen MR) is 113 cm³/mol. The molecular weight excluding hydrogens is 382 g/mol. The Kier molecular flexibility index (Phi) is 5.49. The summed E-state index contributed by atoms with van der Waals surface area (Å²) in [5.41, 5.74) is 0.169. The minimum atomic E-state index is -0.573. The first kappa shape index (κ1) is 20.4. The first-order chi connectivity index (χ1) is 14.3. The van der Waals surface area contributed by atoms with E-state index in [0.29, 0.717) is 25.5 Å². The summed E-state index contributed by atoms with van der Waals surface area (Å²) < 4.78 is 11.5. The number of nitrogens with one attached hydrogen (secondary N) is 1. The van der Waals surface area contributed by atoms with Crippen molar-refractivity contribution in [2.24, 2.45) is 0 Å². The average Bonchev–Trinajstić information content (AvgIpc) is 3.04. The van der Waals surface area contributed by atoms with Crippen LogP contribution < -0.4 is 15.0 Å². The number of carbonyl (C=O) groups excluding carboxylic acids is 2. The fourth-order valence-corrected chi connectivity index (χ4v) is 3.78. The van der Waals surface area contributed by atoms with Gasteiger partial charge in [0, 0.05) is 24.8 Å². The lowest BCUT2D eigenvalue weighted by Crippen LogP contribution is -2.60. The minimum absolute atomic E-state index is 0.0346. The molecule has 2 saturated heterocycles. The van der Waals surface area contributed by atoms with E-state index < -0.39 is 17.7 Å². The monoisotopic (exact) mass is 409 g/mol. The summed E-state index contributed by atoms with van der Waals surface area (Å²) in [7, 11) is 0. The molecule has 1 amide bonds. The van der Waals surface area contributed by atoms with Gasteiger partial charge in [-0.05, 0) is 45.0 Å². The zero-order valence-electron chi connectivity index (χ0n) is 17.5. The van der Waals surface area contributed by atoms with E-state index in [2.05, 4.69) is 5.32 Å². The van der Waals surface area contributed by atoms with Crippen molar-refractivity contribution in [1.29, 1.82) is 0 Å². The predicted octanol–water partition coefficient (Wildman–Crippen LogP) is 2.77. The van der Waals surface area contributed by atoms with Crippen LogP contribution in [-0.2, 0) is 14.3 Å². The molecule has 0 bridgehead atoms. The molecule has 1 N–H and O–H groups in total. The summed E-state index contributed by atoms with van der Waals surface area (Å²) in [5, 5.41) is 3.20. The Morgan fingerprint density at radius 1 is 1.03 bits per heavy atom. The smallest absolute Gasteiger partial charge is 0.325 e. The summed E-state index contributed by atoms with van der Waals surface area (Å²) in [6.07, 6.45) is 0. The van der Waals surface area contributed by atoms with E-state index in [-0.39, 0.29) is 11.9 Å². The van der Waals surface area contributed by atoms with Gasteiger partial charge < -0.3 is 14.8 Å². The van der Waals surface area contributed by atoms with E-state index >= 15 is 0 Å². The van der Waals surface area contributed by atoms with Gasteiger partial charge in [-0.2, -0.15) is 0 Å². The number of carbonyl (C=O) groups is 2. The Hall–Kier alpha value is -2.90. The molecule has 30 heavy (non-hydrogen) atoms. The van der Waals surface area contributed by atoms with Crippen molar-refractivity contribution in [2.45, 2.75) is 38.5 Å². The molecule has 2 aromatic carbocycles. The SMILES string of the molecule is CC(C)(C)OC(=O)C1CNCC2C(=O)N(c3cccc(Oc4ccccc4)c3)CN12. The average molecular weight is 409 g/mol.